The standard InChI is InChI=1S/C19H20F3N/c1-2-12-3-5-13(6-4-12)14-7-9-15(10-8-14)16-11-17(20)19(22)23-18(16)21/h7-13H,2-6H2,1H3. The van der Waals surface area contributed by atoms with E-state index in [-0.39, 0.29) is 5.56 Å². The fraction of sp³-hybridized carbons (Fsp3) is 0.421. The fourth-order valence-electron chi connectivity index (χ4n) is 3.49. The van der Waals surface area contributed by atoms with Crippen LogP contribution in [0.15, 0.2) is 30.3 Å². The molecule has 2 aromatic rings. The Morgan fingerprint density at radius 1 is 0.957 bits per heavy atom. The average Bonchev–Trinajstić information content (AvgIpc) is 2.58. The molecule has 1 aromatic heterocycles. The lowest BCUT2D eigenvalue weighted by Gasteiger charge is -2.28. The van der Waals surface area contributed by atoms with Crippen molar-refractivity contribution in [2.45, 2.75) is 44.9 Å². The number of hydrogen-bond donors (Lipinski definition) is 0. The van der Waals surface area contributed by atoms with Gasteiger partial charge in [-0.15, -0.1) is 0 Å². The third kappa shape index (κ3) is 3.41. The van der Waals surface area contributed by atoms with Crippen LogP contribution in [0.5, 0.6) is 0 Å². The maximum atomic E-state index is 13.7. The molecule has 0 aliphatic heterocycles. The van der Waals surface area contributed by atoms with Gasteiger partial charge in [-0.1, -0.05) is 37.6 Å². The van der Waals surface area contributed by atoms with Crippen molar-refractivity contribution in [3.05, 3.63) is 53.6 Å². The molecule has 1 aromatic carbocycles. The van der Waals surface area contributed by atoms with Gasteiger partial charge in [0.15, 0.2) is 5.82 Å². The molecular formula is C19H20F3N. The number of pyridine rings is 1. The van der Waals surface area contributed by atoms with Gasteiger partial charge in [0.25, 0.3) is 5.95 Å². The Kier molecular flexibility index (Phi) is 4.69. The summed E-state index contributed by atoms with van der Waals surface area (Å²) in [6.45, 7) is 2.24. The smallest absolute Gasteiger partial charge is 0.202 e. The summed E-state index contributed by atoms with van der Waals surface area (Å²) in [6, 6.07) is 8.32. The van der Waals surface area contributed by atoms with E-state index in [0.717, 1.165) is 12.0 Å². The van der Waals surface area contributed by atoms with Crippen LogP contribution in [0, 0.1) is 23.6 Å². The van der Waals surface area contributed by atoms with Crippen molar-refractivity contribution in [3.63, 3.8) is 0 Å². The first-order valence-corrected chi connectivity index (χ1v) is 8.20. The molecule has 23 heavy (non-hydrogen) atoms. The van der Waals surface area contributed by atoms with Crippen LogP contribution in [0.1, 0.15) is 50.5 Å². The van der Waals surface area contributed by atoms with Gasteiger partial charge >= 0.3 is 0 Å². The Morgan fingerprint density at radius 3 is 2.22 bits per heavy atom. The first kappa shape index (κ1) is 16.0. The molecule has 0 radical (unpaired) electrons. The summed E-state index contributed by atoms with van der Waals surface area (Å²) in [5.41, 5.74) is 1.74. The van der Waals surface area contributed by atoms with E-state index in [0.29, 0.717) is 11.5 Å². The van der Waals surface area contributed by atoms with Crippen molar-refractivity contribution < 1.29 is 13.2 Å². The third-order valence-electron chi connectivity index (χ3n) is 5.00. The van der Waals surface area contributed by atoms with E-state index in [2.05, 4.69) is 11.9 Å². The Bertz CT molecular complexity index is 674. The van der Waals surface area contributed by atoms with Gasteiger partial charge in [0.1, 0.15) is 0 Å². The number of aromatic nitrogens is 1. The Balaban J connectivity index is 1.79. The van der Waals surface area contributed by atoms with Crippen molar-refractivity contribution in [2.75, 3.05) is 0 Å². The lowest BCUT2D eigenvalue weighted by atomic mass is 9.78. The molecule has 122 valence electrons. The van der Waals surface area contributed by atoms with Crippen molar-refractivity contribution in [2.24, 2.45) is 5.92 Å². The van der Waals surface area contributed by atoms with E-state index in [1.165, 1.54) is 37.7 Å². The zero-order valence-electron chi connectivity index (χ0n) is 13.2. The summed E-state index contributed by atoms with van der Waals surface area (Å²) in [5.74, 6) is -2.15. The molecule has 1 aliphatic rings. The molecular weight excluding hydrogens is 299 g/mol. The molecule has 1 nitrogen and oxygen atoms in total. The minimum atomic E-state index is -1.41. The highest BCUT2D eigenvalue weighted by Crippen LogP contribution is 2.37. The van der Waals surface area contributed by atoms with Crippen LogP contribution in [0.4, 0.5) is 13.2 Å². The van der Waals surface area contributed by atoms with E-state index in [9.17, 15) is 13.2 Å². The zero-order valence-corrected chi connectivity index (χ0v) is 13.2. The van der Waals surface area contributed by atoms with Gasteiger partial charge in [0.05, 0.1) is 0 Å². The van der Waals surface area contributed by atoms with Crippen LogP contribution in [0.3, 0.4) is 0 Å². The lowest BCUT2D eigenvalue weighted by molar-refractivity contribution is 0.319. The summed E-state index contributed by atoms with van der Waals surface area (Å²) in [4.78, 5) is 2.97. The summed E-state index contributed by atoms with van der Waals surface area (Å²) in [7, 11) is 0. The first-order chi connectivity index (χ1) is 11.1. The lowest BCUT2D eigenvalue weighted by Crippen LogP contribution is -2.12. The van der Waals surface area contributed by atoms with Gasteiger partial charge in [-0.25, -0.2) is 4.39 Å². The maximum Gasteiger partial charge on any atom is 0.251 e. The minimum absolute atomic E-state index is 0.00913. The van der Waals surface area contributed by atoms with Crippen molar-refractivity contribution in [1.29, 1.82) is 0 Å². The molecule has 0 unspecified atom stereocenters. The van der Waals surface area contributed by atoms with Crippen LogP contribution in [0.25, 0.3) is 11.1 Å². The molecule has 0 saturated heterocycles. The van der Waals surface area contributed by atoms with Crippen LogP contribution >= 0.6 is 0 Å². The van der Waals surface area contributed by atoms with Crippen molar-refractivity contribution in [1.82, 2.24) is 4.98 Å². The van der Waals surface area contributed by atoms with Crippen LogP contribution in [-0.4, -0.2) is 4.98 Å². The van der Waals surface area contributed by atoms with E-state index >= 15 is 0 Å². The van der Waals surface area contributed by atoms with Crippen LogP contribution in [-0.2, 0) is 0 Å². The number of nitrogens with zero attached hydrogens (tertiary/aromatic N) is 1. The summed E-state index contributed by atoms with van der Waals surface area (Å²) >= 11 is 0. The zero-order chi connectivity index (χ0) is 16.4. The Morgan fingerprint density at radius 2 is 1.61 bits per heavy atom. The molecule has 1 saturated carbocycles. The molecule has 0 atom stereocenters. The average molecular weight is 319 g/mol. The largest absolute Gasteiger partial charge is 0.251 e. The van der Waals surface area contributed by atoms with E-state index < -0.39 is 17.7 Å². The number of hydrogen-bond acceptors (Lipinski definition) is 1. The third-order valence-corrected chi connectivity index (χ3v) is 5.00. The predicted molar refractivity (Wildman–Crippen MR) is 84.5 cm³/mol. The van der Waals surface area contributed by atoms with Gasteiger partial charge < -0.3 is 0 Å². The second-order valence-corrected chi connectivity index (χ2v) is 6.35. The van der Waals surface area contributed by atoms with E-state index in [1.807, 2.05) is 12.1 Å². The van der Waals surface area contributed by atoms with E-state index in [4.69, 9.17) is 0 Å². The summed E-state index contributed by atoms with van der Waals surface area (Å²) in [6.07, 6.45) is 6.11. The Labute approximate surface area is 134 Å². The quantitative estimate of drug-likeness (QED) is 0.647. The molecule has 0 amide bonds. The molecule has 4 heteroatoms. The summed E-state index contributed by atoms with van der Waals surface area (Å²) < 4.78 is 39.9. The summed E-state index contributed by atoms with van der Waals surface area (Å²) in [5, 5.41) is 0. The molecule has 0 spiro atoms. The normalized spacial score (nSPS) is 21.4. The highest BCUT2D eigenvalue weighted by atomic mass is 19.2. The second-order valence-electron chi connectivity index (χ2n) is 6.35. The van der Waals surface area contributed by atoms with E-state index in [1.54, 1.807) is 12.1 Å². The highest BCUT2D eigenvalue weighted by Gasteiger charge is 2.21. The maximum absolute atomic E-state index is 13.7. The SMILES string of the molecule is CCC1CCC(c2ccc(-c3cc(F)c(F)nc3F)cc2)CC1. The van der Waals surface area contributed by atoms with Crippen LogP contribution in [0.2, 0.25) is 0 Å². The molecule has 0 N–H and O–H groups in total. The number of rotatable bonds is 3. The van der Waals surface area contributed by atoms with Crippen molar-refractivity contribution in [3.8, 4) is 11.1 Å². The predicted octanol–water partition coefficient (Wildman–Crippen LogP) is 5.85. The molecule has 1 aliphatic carbocycles. The topological polar surface area (TPSA) is 12.9 Å². The van der Waals surface area contributed by atoms with Crippen molar-refractivity contribution >= 4 is 0 Å². The van der Waals surface area contributed by atoms with Gasteiger partial charge in [0.2, 0.25) is 5.95 Å². The molecule has 0 bridgehead atoms. The number of halogens is 3. The van der Waals surface area contributed by atoms with Gasteiger partial charge in [0, 0.05) is 5.56 Å². The van der Waals surface area contributed by atoms with Gasteiger partial charge in [-0.3, -0.25) is 0 Å². The Hall–Kier alpha value is -1.84. The number of benzene rings is 1. The van der Waals surface area contributed by atoms with Crippen LogP contribution < -0.4 is 0 Å². The molecule has 3 rings (SSSR count). The second kappa shape index (κ2) is 6.73. The minimum Gasteiger partial charge on any atom is -0.202 e. The van der Waals surface area contributed by atoms with Gasteiger partial charge in [-0.2, -0.15) is 13.8 Å². The highest BCUT2D eigenvalue weighted by molar-refractivity contribution is 5.63. The molecule has 1 heterocycles. The first-order valence-electron chi connectivity index (χ1n) is 8.20. The molecule has 1 fully saturated rings. The van der Waals surface area contributed by atoms with Gasteiger partial charge in [-0.05, 0) is 54.7 Å². The fourth-order valence-corrected chi connectivity index (χ4v) is 3.49. The monoisotopic (exact) mass is 319 g/mol.